The largest absolute Gasteiger partial charge is 0.475 e. The van der Waals surface area contributed by atoms with Crippen molar-refractivity contribution in [2.24, 2.45) is 0 Å². The van der Waals surface area contributed by atoms with Crippen LogP contribution < -0.4 is 10.5 Å². The normalized spacial score (nSPS) is 15.2. The molecular formula is C21H12BrF3N2O. The molecule has 1 heterocycles. The van der Waals surface area contributed by atoms with Gasteiger partial charge in [0.2, 0.25) is 6.10 Å². The van der Waals surface area contributed by atoms with E-state index < -0.39 is 12.3 Å². The van der Waals surface area contributed by atoms with Crippen molar-refractivity contribution < 1.29 is 17.9 Å². The van der Waals surface area contributed by atoms with Crippen LogP contribution in [0.15, 0.2) is 59.1 Å². The number of nitriles is 1. The van der Waals surface area contributed by atoms with Crippen molar-refractivity contribution in [1.82, 2.24) is 0 Å². The van der Waals surface area contributed by atoms with Gasteiger partial charge in [0.25, 0.3) is 0 Å². The van der Waals surface area contributed by atoms with Gasteiger partial charge in [0, 0.05) is 21.2 Å². The molecule has 1 atom stereocenters. The second-order valence-corrected chi connectivity index (χ2v) is 7.25. The fraction of sp³-hybridized carbons (Fsp3) is 0.0952. The van der Waals surface area contributed by atoms with E-state index in [2.05, 4.69) is 15.9 Å². The maximum absolute atomic E-state index is 13.8. The van der Waals surface area contributed by atoms with Gasteiger partial charge >= 0.3 is 6.18 Å². The first-order valence-electron chi connectivity index (χ1n) is 8.26. The zero-order valence-electron chi connectivity index (χ0n) is 14.2. The fourth-order valence-electron chi connectivity index (χ4n) is 3.42. The van der Waals surface area contributed by atoms with Crippen molar-refractivity contribution in [2.45, 2.75) is 12.3 Å². The third kappa shape index (κ3) is 2.90. The SMILES string of the molecule is N#Cc1c(-c2ccccc2)cc2c(c1N)C(C(F)(F)F)Oc1ccc(Br)cc1-2. The summed E-state index contributed by atoms with van der Waals surface area (Å²) in [6.45, 7) is 0. The Hall–Kier alpha value is -2.98. The number of alkyl halides is 3. The quantitative estimate of drug-likeness (QED) is 0.452. The number of rotatable bonds is 1. The lowest BCUT2D eigenvalue weighted by Gasteiger charge is -2.32. The summed E-state index contributed by atoms with van der Waals surface area (Å²) in [5.41, 5.74) is 7.64. The van der Waals surface area contributed by atoms with Crippen molar-refractivity contribution in [3.8, 4) is 34.1 Å². The van der Waals surface area contributed by atoms with E-state index in [1.165, 1.54) is 6.07 Å². The third-order valence-electron chi connectivity index (χ3n) is 4.64. The van der Waals surface area contributed by atoms with Crippen LogP contribution >= 0.6 is 15.9 Å². The van der Waals surface area contributed by atoms with Gasteiger partial charge in [-0.05, 0) is 35.4 Å². The summed E-state index contributed by atoms with van der Waals surface area (Å²) in [7, 11) is 0. The molecule has 0 bridgehead atoms. The standard InChI is InChI=1S/C21H12BrF3N2O/c22-12-6-7-17-14(8-12)15-9-13(11-4-2-1-3-5-11)16(10-26)19(27)18(15)20(28-17)21(23,24)25/h1-9,20H,27H2. The summed E-state index contributed by atoms with van der Waals surface area (Å²) in [6.07, 6.45) is -6.93. The van der Waals surface area contributed by atoms with Gasteiger partial charge < -0.3 is 10.5 Å². The number of nitrogens with zero attached hydrogens (tertiary/aromatic N) is 1. The fourth-order valence-corrected chi connectivity index (χ4v) is 3.78. The minimum Gasteiger partial charge on any atom is -0.475 e. The molecule has 0 saturated carbocycles. The maximum atomic E-state index is 13.8. The summed E-state index contributed by atoms with van der Waals surface area (Å²) in [5, 5.41) is 9.63. The lowest BCUT2D eigenvalue weighted by molar-refractivity contribution is -0.198. The first-order chi connectivity index (χ1) is 13.3. The molecule has 0 aliphatic carbocycles. The molecular weight excluding hydrogens is 433 g/mol. The molecule has 0 amide bonds. The molecule has 0 fully saturated rings. The molecule has 28 heavy (non-hydrogen) atoms. The van der Waals surface area contributed by atoms with E-state index in [4.69, 9.17) is 10.5 Å². The number of anilines is 1. The molecule has 1 aliphatic heterocycles. The number of halogens is 4. The Bertz CT molecular complexity index is 1120. The molecule has 0 aromatic heterocycles. The number of fused-ring (bicyclic) bond motifs is 3. The molecule has 7 heteroatoms. The highest BCUT2D eigenvalue weighted by Gasteiger charge is 2.48. The van der Waals surface area contributed by atoms with Crippen LogP contribution in [0.5, 0.6) is 5.75 Å². The minimum atomic E-state index is -4.69. The summed E-state index contributed by atoms with van der Waals surface area (Å²) < 4.78 is 47.2. The van der Waals surface area contributed by atoms with Gasteiger partial charge in [-0.15, -0.1) is 0 Å². The lowest BCUT2D eigenvalue weighted by Crippen LogP contribution is -2.30. The second-order valence-electron chi connectivity index (χ2n) is 6.33. The van der Waals surface area contributed by atoms with Gasteiger partial charge in [-0.3, -0.25) is 0 Å². The van der Waals surface area contributed by atoms with Crippen molar-refractivity contribution >= 4 is 21.6 Å². The van der Waals surface area contributed by atoms with E-state index in [-0.39, 0.29) is 22.6 Å². The van der Waals surface area contributed by atoms with Gasteiger partial charge in [-0.2, -0.15) is 18.4 Å². The smallest absolute Gasteiger partial charge is 0.429 e. The zero-order chi connectivity index (χ0) is 20.1. The van der Waals surface area contributed by atoms with E-state index >= 15 is 0 Å². The van der Waals surface area contributed by atoms with Crippen molar-refractivity contribution in [1.29, 1.82) is 5.26 Å². The van der Waals surface area contributed by atoms with Crippen LogP contribution in [0, 0.1) is 11.3 Å². The van der Waals surface area contributed by atoms with Gasteiger partial charge in [0.05, 0.1) is 11.3 Å². The van der Waals surface area contributed by atoms with E-state index in [0.29, 0.717) is 26.7 Å². The highest BCUT2D eigenvalue weighted by Crippen LogP contribution is 2.52. The summed E-state index contributed by atoms with van der Waals surface area (Å²) in [6, 6.07) is 17.3. The van der Waals surface area contributed by atoms with Crippen LogP contribution in [0.2, 0.25) is 0 Å². The van der Waals surface area contributed by atoms with Crippen LogP contribution in [0.3, 0.4) is 0 Å². The predicted octanol–water partition coefficient (Wildman–Crippen LogP) is 6.23. The number of hydrogen-bond acceptors (Lipinski definition) is 3. The van der Waals surface area contributed by atoms with Crippen LogP contribution in [0.25, 0.3) is 22.3 Å². The van der Waals surface area contributed by atoms with Crippen molar-refractivity contribution in [3.63, 3.8) is 0 Å². The van der Waals surface area contributed by atoms with E-state index in [9.17, 15) is 18.4 Å². The van der Waals surface area contributed by atoms with Crippen LogP contribution in [0.4, 0.5) is 18.9 Å². The Morgan fingerprint density at radius 1 is 1.00 bits per heavy atom. The summed E-state index contributed by atoms with van der Waals surface area (Å²) in [4.78, 5) is 0. The topological polar surface area (TPSA) is 59.0 Å². The van der Waals surface area contributed by atoms with Crippen LogP contribution in [0.1, 0.15) is 17.2 Å². The molecule has 1 unspecified atom stereocenters. The average molecular weight is 445 g/mol. The number of ether oxygens (including phenoxy) is 1. The van der Waals surface area contributed by atoms with E-state index in [0.717, 1.165) is 0 Å². The number of benzene rings is 3. The van der Waals surface area contributed by atoms with Gasteiger partial charge in [-0.1, -0.05) is 46.3 Å². The van der Waals surface area contributed by atoms with Crippen molar-refractivity contribution in [2.75, 3.05) is 5.73 Å². The molecule has 3 aromatic carbocycles. The molecule has 140 valence electrons. The number of hydrogen-bond donors (Lipinski definition) is 1. The van der Waals surface area contributed by atoms with E-state index in [1.54, 1.807) is 42.5 Å². The molecule has 3 aromatic rings. The monoisotopic (exact) mass is 444 g/mol. The van der Waals surface area contributed by atoms with E-state index in [1.807, 2.05) is 12.1 Å². The van der Waals surface area contributed by atoms with Gasteiger partial charge in [-0.25, -0.2) is 0 Å². The Balaban J connectivity index is 2.10. The second kappa shape index (κ2) is 6.57. The summed E-state index contributed by atoms with van der Waals surface area (Å²) in [5.74, 6) is 0.112. The molecule has 2 N–H and O–H groups in total. The highest BCUT2D eigenvalue weighted by molar-refractivity contribution is 9.10. The molecule has 4 rings (SSSR count). The molecule has 0 spiro atoms. The Labute approximate surface area is 167 Å². The van der Waals surface area contributed by atoms with Gasteiger partial charge in [0.1, 0.15) is 11.8 Å². The lowest BCUT2D eigenvalue weighted by atomic mass is 9.85. The predicted molar refractivity (Wildman–Crippen MR) is 104 cm³/mol. The number of nitrogens with two attached hydrogens (primary N) is 1. The Morgan fingerprint density at radius 3 is 2.36 bits per heavy atom. The Kier molecular flexibility index (Phi) is 4.31. The minimum absolute atomic E-state index is 0.00115. The van der Waals surface area contributed by atoms with Crippen LogP contribution in [-0.4, -0.2) is 6.18 Å². The maximum Gasteiger partial charge on any atom is 0.429 e. The molecule has 0 radical (unpaired) electrons. The molecule has 3 nitrogen and oxygen atoms in total. The average Bonchev–Trinajstić information content (AvgIpc) is 2.67. The van der Waals surface area contributed by atoms with Gasteiger partial charge in [0.15, 0.2) is 0 Å². The Morgan fingerprint density at radius 2 is 1.71 bits per heavy atom. The molecule has 0 saturated heterocycles. The third-order valence-corrected chi connectivity index (χ3v) is 5.13. The summed E-state index contributed by atoms with van der Waals surface area (Å²) >= 11 is 3.35. The highest BCUT2D eigenvalue weighted by atomic mass is 79.9. The molecule has 1 aliphatic rings. The van der Waals surface area contributed by atoms with Crippen LogP contribution in [-0.2, 0) is 0 Å². The first kappa shape index (κ1) is 18.4. The first-order valence-corrected chi connectivity index (χ1v) is 9.05. The van der Waals surface area contributed by atoms with Crippen molar-refractivity contribution in [3.05, 3.63) is 70.2 Å². The number of nitrogen functional groups attached to an aromatic ring is 1. The zero-order valence-corrected chi connectivity index (χ0v) is 15.8.